The van der Waals surface area contributed by atoms with Gasteiger partial charge in [-0.15, -0.1) is 7.92 Å². The normalized spacial score (nSPS) is 11.9. The van der Waals surface area contributed by atoms with Gasteiger partial charge in [0.25, 0.3) is 0 Å². The van der Waals surface area contributed by atoms with Crippen molar-refractivity contribution in [3.05, 3.63) is 131 Å². The number of benzene rings is 4. The first kappa shape index (κ1) is 24.2. The first-order valence-electron chi connectivity index (χ1n) is 12.1. The van der Waals surface area contributed by atoms with Crippen LogP contribution in [-0.2, 0) is 0 Å². The molecule has 0 fully saturated rings. The van der Waals surface area contributed by atoms with Crippen molar-refractivity contribution in [3.63, 3.8) is 0 Å². The molecule has 4 aromatic carbocycles. The van der Waals surface area contributed by atoms with Crippen molar-refractivity contribution >= 4 is 36.6 Å². The van der Waals surface area contributed by atoms with E-state index in [-0.39, 0.29) is 14.6 Å². The van der Waals surface area contributed by atoms with Crippen molar-refractivity contribution in [1.29, 1.82) is 0 Å². The SMILES string of the molecule is Cc1ccc(B(/C(=C(\CP(C)C)c2ccccc2)c2ccc(C)cc2)c2ccc(C)cc2)cc1. The molecule has 0 aliphatic heterocycles. The molecular formula is C32H34BP. The zero-order chi connectivity index (χ0) is 24.1. The molecule has 0 aliphatic carbocycles. The lowest BCUT2D eigenvalue weighted by atomic mass is 9.34. The Labute approximate surface area is 207 Å². The Morgan fingerprint density at radius 1 is 0.559 bits per heavy atom. The third kappa shape index (κ3) is 5.78. The molecule has 0 radical (unpaired) electrons. The monoisotopic (exact) mass is 460 g/mol. The first-order valence-corrected chi connectivity index (χ1v) is 14.5. The second-order valence-corrected chi connectivity index (χ2v) is 12.1. The van der Waals surface area contributed by atoms with Crippen molar-refractivity contribution in [3.8, 4) is 0 Å². The second kappa shape index (κ2) is 11.0. The van der Waals surface area contributed by atoms with Crippen LogP contribution in [0, 0.1) is 20.8 Å². The van der Waals surface area contributed by atoms with Gasteiger partial charge in [-0.25, -0.2) is 0 Å². The van der Waals surface area contributed by atoms with Gasteiger partial charge in [0.2, 0.25) is 6.71 Å². The van der Waals surface area contributed by atoms with Gasteiger partial charge in [-0.05, 0) is 57.0 Å². The van der Waals surface area contributed by atoms with Gasteiger partial charge in [0, 0.05) is 0 Å². The molecule has 0 atom stereocenters. The average Bonchev–Trinajstić information content (AvgIpc) is 2.84. The zero-order valence-corrected chi connectivity index (χ0v) is 21.9. The van der Waals surface area contributed by atoms with Crippen LogP contribution in [0.25, 0.3) is 11.0 Å². The molecule has 0 aromatic heterocycles. The van der Waals surface area contributed by atoms with Crippen LogP contribution < -0.4 is 10.9 Å². The second-order valence-electron chi connectivity index (χ2n) is 9.62. The third-order valence-corrected chi connectivity index (χ3v) is 7.34. The van der Waals surface area contributed by atoms with Crippen molar-refractivity contribution in [1.82, 2.24) is 0 Å². The number of rotatable bonds is 7. The number of allylic oxidation sites excluding steroid dienone is 1. The smallest absolute Gasteiger partial charge is 0.109 e. The molecule has 0 nitrogen and oxygen atoms in total. The first-order chi connectivity index (χ1) is 16.4. The minimum atomic E-state index is -0.123. The van der Waals surface area contributed by atoms with Crippen LogP contribution in [0.2, 0.25) is 0 Å². The van der Waals surface area contributed by atoms with E-state index in [0.717, 1.165) is 6.16 Å². The molecule has 4 rings (SSSR count). The minimum Gasteiger partial charge on any atom is -0.109 e. The van der Waals surface area contributed by atoms with Gasteiger partial charge < -0.3 is 0 Å². The lowest BCUT2D eigenvalue weighted by Gasteiger charge is -2.25. The Morgan fingerprint density at radius 2 is 1.00 bits per heavy atom. The molecule has 0 bridgehead atoms. The quantitative estimate of drug-likeness (QED) is 0.157. The molecule has 0 N–H and O–H groups in total. The maximum Gasteiger partial charge on any atom is 0.242 e. The zero-order valence-electron chi connectivity index (χ0n) is 21.0. The van der Waals surface area contributed by atoms with Gasteiger partial charge in [-0.2, -0.15) is 0 Å². The van der Waals surface area contributed by atoms with Crippen LogP contribution in [0.15, 0.2) is 103 Å². The molecule has 2 heteroatoms. The Kier molecular flexibility index (Phi) is 7.86. The molecule has 170 valence electrons. The molecule has 0 unspecified atom stereocenters. The molecule has 34 heavy (non-hydrogen) atoms. The van der Waals surface area contributed by atoms with Crippen LogP contribution in [0.5, 0.6) is 0 Å². The number of aryl methyl sites for hydroxylation is 3. The predicted molar refractivity (Wildman–Crippen MR) is 155 cm³/mol. The molecule has 0 heterocycles. The van der Waals surface area contributed by atoms with Crippen molar-refractivity contribution in [2.24, 2.45) is 0 Å². The Morgan fingerprint density at radius 3 is 1.44 bits per heavy atom. The van der Waals surface area contributed by atoms with Crippen LogP contribution >= 0.6 is 7.92 Å². The van der Waals surface area contributed by atoms with Gasteiger partial charge in [0.15, 0.2) is 0 Å². The van der Waals surface area contributed by atoms with Gasteiger partial charge in [0.05, 0.1) is 0 Å². The summed E-state index contributed by atoms with van der Waals surface area (Å²) in [6.07, 6.45) is 1.09. The minimum absolute atomic E-state index is 0.123. The van der Waals surface area contributed by atoms with E-state index < -0.39 is 0 Å². The van der Waals surface area contributed by atoms with Crippen LogP contribution in [0.1, 0.15) is 27.8 Å². The fourth-order valence-corrected chi connectivity index (χ4v) is 5.56. The average molecular weight is 460 g/mol. The van der Waals surface area contributed by atoms with Crippen molar-refractivity contribution < 1.29 is 0 Å². The summed E-state index contributed by atoms with van der Waals surface area (Å²) in [5.41, 5.74) is 12.1. The summed E-state index contributed by atoms with van der Waals surface area (Å²) in [5, 5.41) is 0. The predicted octanol–water partition coefficient (Wildman–Crippen LogP) is 7.11. The molecule has 0 amide bonds. The van der Waals surface area contributed by atoms with E-state index in [1.807, 2.05) is 0 Å². The highest BCUT2D eigenvalue weighted by Crippen LogP contribution is 2.38. The molecule has 4 aromatic rings. The van der Waals surface area contributed by atoms with Gasteiger partial charge in [-0.3, -0.25) is 0 Å². The summed E-state index contributed by atoms with van der Waals surface area (Å²) in [6.45, 7) is 11.4. The highest BCUT2D eigenvalue weighted by molar-refractivity contribution is 7.56. The van der Waals surface area contributed by atoms with Crippen molar-refractivity contribution in [2.45, 2.75) is 20.8 Å². The lowest BCUT2D eigenvalue weighted by molar-refractivity contribution is 1.45. The Hall–Kier alpha value is -2.89. The maximum absolute atomic E-state index is 2.39. The van der Waals surface area contributed by atoms with Gasteiger partial charge >= 0.3 is 0 Å². The summed E-state index contributed by atoms with van der Waals surface area (Å²) in [7, 11) is -0.123. The number of hydrogen-bond acceptors (Lipinski definition) is 0. The van der Waals surface area contributed by atoms with Crippen molar-refractivity contribution in [2.75, 3.05) is 19.5 Å². The largest absolute Gasteiger partial charge is 0.242 e. The molecule has 0 saturated heterocycles. The molecular weight excluding hydrogens is 426 g/mol. The van der Waals surface area contributed by atoms with Crippen LogP contribution in [0.4, 0.5) is 0 Å². The number of hydrogen-bond donors (Lipinski definition) is 0. The topological polar surface area (TPSA) is 0 Å². The van der Waals surface area contributed by atoms with E-state index in [2.05, 4.69) is 137 Å². The van der Waals surface area contributed by atoms with E-state index >= 15 is 0 Å². The fourth-order valence-electron chi connectivity index (χ4n) is 4.58. The van der Waals surface area contributed by atoms with Crippen LogP contribution in [-0.4, -0.2) is 26.2 Å². The molecule has 0 saturated carbocycles. The Bertz CT molecular complexity index is 1190. The summed E-state index contributed by atoms with van der Waals surface area (Å²) in [4.78, 5) is 0. The summed E-state index contributed by atoms with van der Waals surface area (Å²) in [6, 6.07) is 38.4. The van der Waals surface area contributed by atoms with E-state index in [9.17, 15) is 0 Å². The van der Waals surface area contributed by atoms with E-state index in [1.54, 1.807) is 0 Å². The highest BCUT2D eigenvalue weighted by Gasteiger charge is 2.28. The van der Waals surface area contributed by atoms with Gasteiger partial charge in [0.1, 0.15) is 0 Å². The highest BCUT2D eigenvalue weighted by atomic mass is 31.1. The van der Waals surface area contributed by atoms with E-state index in [1.165, 1.54) is 49.8 Å². The van der Waals surface area contributed by atoms with E-state index in [4.69, 9.17) is 0 Å². The maximum atomic E-state index is 2.39. The Balaban J connectivity index is 2.07. The standard InChI is InChI=1S/C32H34BP/c1-24-11-17-28(18-12-24)32(31(23-34(4)5)27-9-7-6-8-10-27)33(29-19-13-25(2)14-20-29)30-21-15-26(3)16-22-30/h6-22H,23H2,1-5H3/b32-31+. The third-order valence-electron chi connectivity index (χ3n) is 6.39. The van der Waals surface area contributed by atoms with Crippen LogP contribution in [0.3, 0.4) is 0 Å². The lowest BCUT2D eigenvalue weighted by Crippen LogP contribution is -2.44. The van der Waals surface area contributed by atoms with E-state index in [0.29, 0.717) is 0 Å². The summed E-state index contributed by atoms with van der Waals surface area (Å²) in [5.74, 6) is 0. The summed E-state index contributed by atoms with van der Waals surface area (Å²) >= 11 is 0. The molecule has 0 aliphatic rings. The molecule has 0 spiro atoms. The summed E-state index contributed by atoms with van der Waals surface area (Å²) < 4.78 is 0. The van der Waals surface area contributed by atoms with Gasteiger partial charge in [-0.1, -0.05) is 136 Å². The fraction of sp³-hybridized carbons (Fsp3) is 0.188.